The van der Waals surface area contributed by atoms with Crippen LogP contribution < -0.4 is 10.2 Å². The summed E-state index contributed by atoms with van der Waals surface area (Å²) in [5.74, 6) is -0.938. The summed E-state index contributed by atoms with van der Waals surface area (Å²) in [4.78, 5) is 25.7. The highest BCUT2D eigenvalue weighted by molar-refractivity contribution is 6.02. The van der Waals surface area contributed by atoms with Crippen LogP contribution in [0.3, 0.4) is 0 Å². The number of rotatable bonds is 3. The van der Waals surface area contributed by atoms with Crippen molar-refractivity contribution in [3.63, 3.8) is 0 Å². The summed E-state index contributed by atoms with van der Waals surface area (Å²) >= 11 is 0. The molecule has 2 amide bonds. The quantitative estimate of drug-likeness (QED) is 0.881. The van der Waals surface area contributed by atoms with E-state index in [-0.39, 0.29) is 5.91 Å². The summed E-state index contributed by atoms with van der Waals surface area (Å²) in [7, 11) is 0. The number of amides is 2. The molecule has 2 aliphatic rings. The summed E-state index contributed by atoms with van der Waals surface area (Å²) in [5.41, 5.74) is -1.82. The maximum atomic E-state index is 12.6. The van der Waals surface area contributed by atoms with Crippen molar-refractivity contribution >= 4 is 17.5 Å². The number of nitrogens with one attached hydrogen (secondary N) is 1. The Kier molecular flexibility index (Phi) is 4.03. The molecule has 3 rings (SSSR count). The summed E-state index contributed by atoms with van der Waals surface area (Å²) in [6.07, 6.45) is -2.56. The molecule has 1 aromatic carbocycles. The van der Waals surface area contributed by atoms with Crippen molar-refractivity contribution in [1.82, 2.24) is 5.32 Å². The highest BCUT2D eigenvalue weighted by Gasteiger charge is 2.44. The van der Waals surface area contributed by atoms with Crippen molar-refractivity contribution < 1.29 is 27.9 Å². The number of hydrogen-bond acceptors (Lipinski definition) is 3. The van der Waals surface area contributed by atoms with Crippen LogP contribution in [-0.2, 0) is 15.8 Å². The molecule has 130 valence electrons. The Labute approximate surface area is 136 Å². The van der Waals surface area contributed by atoms with E-state index < -0.39 is 29.3 Å². The van der Waals surface area contributed by atoms with Crippen LogP contribution in [-0.4, -0.2) is 35.1 Å². The highest BCUT2D eigenvalue weighted by atomic mass is 19.4. The molecule has 0 aromatic heterocycles. The average Bonchev–Trinajstić information content (AvgIpc) is 2.85. The summed E-state index contributed by atoms with van der Waals surface area (Å²) in [5, 5.41) is 12.5. The van der Waals surface area contributed by atoms with Crippen LogP contribution in [0.1, 0.15) is 31.2 Å². The Bertz CT molecular complexity index is 654. The molecule has 5 nitrogen and oxygen atoms in total. The van der Waals surface area contributed by atoms with Crippen molar-refractivity contribution in [1.29, 1.82) is 0 Å². The van der Waals surface area contributed by atoms with Crippen LogP contribution >= 0.6 is 0 Å². The number of nitrogens with zero attached hydrogens (tertiary/aromatic N) is 1. The van der Waals surface area contributed by atoms with Gasteiger partial charge in [0.25, 0.3) is 5.91 Å². The molecule has 1 heterocycles. The van der Waals surface area contributed by atoms with Gasteiger partial charge >= 0.3 is 6.18 Å². The van der Waals surface area contributed by atoms with Crippen LogP contribution in [0, 0.1) is 0 Å². The van der Waals surface area contributed by atoms with Gasteiger partial charge in [-0.3, -0.25) is 9.59 Å². The first-order valence-electron chi connectivity index (χ1n) is 7.73. The Balaban J connectivity index is 1.66. The van der Waals surface area contributed by atoms with Gasteiger partial charge in [0.05, 0.1) is 5.56 Å². The molecule has 1 saturated carbocycles. The third kappa shape index (κ3) is 2.98. The zero-order chi connectivity index (χ0) is 17.5. The predicted molar refractivity (Wildman–Crippen MR) is 79.1 cm³/mol. The van der Waals surface area contributed by atoms with Crippen LogP contribution in [0.25, 0.3) is 0 Å². The standard InChI is InChI=1S/C16H17F3N2O3/c17-16(18,19)10-2-4-11(5-3-10)21-9-6-12(13(21)22)20-14(23)15(24)7-1-8-15/h2-5,12,24H,1,6-9H2,(H,20,23)/t12-/m1/s1. The highest BCUT2D eigenvalue weighted by Crippen LogP contribution is 2.33. The number of carbonyl (C=O) groups is 2. The Morgan fingerprint density at radius 2 is 1.88 bits per heavy atom. The van der Waals surface area contributed by atoms with E-state index in [0.29, 0.717) is 31.5 Å². The van der Waals surface area contributed by atoms with E-state index in [2.05, 4.69) is 5.32 Å². The van der Waals surface area contributed by atoms with Crippen LogP contribution in [0.4, 0.5) is 18.9 Å². The number of carbonyl (C=O) groups excluding carboxylic acids is 2. The van der Waals surface area contributed by atoms with Gasteiger partial charge in [-0.15, -0.1) is 0 Å². The Morgan fingerprint density at radius 3 is 2.38 bits per heavy atom. The number of anilines is 1. The molecule has 0 radical (unpaired) electrons. The smallest absolute Gasteiger partial charge is 0.380 e. The van der Waals surface area contributed by atoms with E-state index in [0.717, 1.165) is 18.6 Å². The molecular weight excluding hydrogens is 325 g/mol. The second-order valence-electron chi connectivity index (χ2n) is 6.23. The Morgan fingerprint density at radius 1 is 1.25 bits per heavy atom. The van der Waals surface area contributed by atoms with Gasteiger partial charge in [-0.2, -0.15) is 13.2 Å². The first kappa shape index (κ1) is 16.8. The van der Waals surface area contributed by atoms with Crippen LogP contribution in [0.2, 0.25) is 0 Å². The van der Waals surface area contributed by atoms with Gasteiger partial charge in [-0.05, 0) is 49.9 Å². The fourth-order valence-corrected chi connectivity index (χ4v) is 2.93. The van der Waals surface area contributed by atoms with Gasteiger partial charge < -0.3 is 15.3 Å². The third-order valence-electron chi connectivity index (χ3n) is 4.62. The van der Waals surface area contributed by atoms with Crippen LogP contribution in [0.15, 0.2) is 24.3 Å². The molecule has 1 aliphatic heterocycles. The van der Waals surface area contributed by atoms with E-state index in [1.165, 1.54) is 17.0 Å². The van der Waals surface area contributed by atoms with Gasteiger partial charge in [0.1, 0.15) is 11.6 Å². The van der Waals surface area contributed by atoms with Gasteiger partial charge in [0.15, 0.2) is 0 Å². The second kappa shape index (κ2) is 5.77. The molecule has 1 aromatic rings. The lowest BCUT2D eigenvalue weighted by Gasteiger charge is -2.35. The molecule has 24 heavy (non-hydrogen) atoms. The number of halogens is 3. The van der Waals surface area contributed by atoms with E-state index in [1.807, 2.05) is 0 Å². The van der Waals surface area contributed by atoms with Gasteiger partial charge in [0, 0.05) is 12.2 Å². The summed E-state index contributed by atoms with van der Waals surface area (Å²) < 4.78 is 37.7. The lowest BCUT2D eigenvalue weighted by Crippen LogP contribution is -2.55. The van der Waals surface area contributed by atoms with E-state index >= 15 is 0 Å². The van der Waals surface area contributed by atoms with Crippen molar-refractivity contribution in [2.45, 2.75) is 43.5 Å². The maximum absolute atomic E-state index is 12.6. The lowest BCUT2D eigenvalue weighted by molar-refractivity contribution is -0.150. The molecule has 8 heteroatoms. The summed E-state index contributed by atoms with van der Waals surface area (Å²) in [6, 6.07) is 3.57. The molecule has 2 fully saturated rings. The number of aliphatic hydroxyl groups is 1. The van der Waals surface area contributed by atoms with Crippen molar-refractivity contribution in [2.75, 3.05) is 11.4 Å². The molecule has 1 saturated heterocycles. The van der Waals surface area contributed by atoms with E-state index in [9.17, 15) is 27.9 Å². The minimum absolute atomic E-state index is 0.299. The zero-order valence-corrected chi connectivity index (χ0v) is 12.8. The fraction of sp³-hybridized carbons (Fsp3) is 0.500. The molecular formula is C16H17F3N2O3. The number of benzene rings is 1. The third-order valence-corrected chi connectivity index (χ3v) is 4.62. The molecule has 0 bridgehead atoms. The zero-order valence-electron chi connectivity index (χ0n) is 12.8. The first-order valence-corrected chi connectivity index (χ1v) is 7.73. The second-order valence-corrected chi connectivity index (χ2v) is 6.23. The normalized spacial score (nSPS) is 23.1. The minimum atomic E-state index is -4.43. The maximum Gasteiger partial charge on any atom is 0.416 e. The number of hydrogen-bond donors (Lipinski definition) is 2. The predicted octanol–water partition coefficient (Wildman–Crippen LogP) is 1.84. The van der Waals surface area contributed by atoms with E-state index in [4.69, 9.17) is 0 Å². The minimum Gasteiger partial charge on any atom is -0.380 e. The summed E-state index contributed by atoms with van der Waals surface area (Å²) in [6.45, 7) is 0.299. The van der Waals surface area contributed by atoms with Crippen molar-refractivity contribution in [3.8, 4) is 0 Å². The molecule has 1 aliphatic carbocycles. The lowest BCUT2D eigenvalue weighted by atomic mass is 9.79. The SMILES string of the molecule is O=C1[C@H](NC(=O)C2(O)CCC2)CCN1c1ccc(C(F)(F)F)cc1. The number of alkyl halides is 3. The van der Waals surface area contributed by atoms with Crippen molar-refractivity contribution in [3.05, 3.63) is 29.8 Å². The average molecular weight is 342 g/mol. The molecule has 2 N–H and O–H groups in total. The molecule has 0 spiro atoms. The van der Waals surface area contributed by atoms with E-state index in [1.54, 1.807) is 0 Å². The van der Waals surface area contributed by atoms with Crippen LogP contribution in [0.5, 0.6) is 0 Å². The van der Waals surface area contributed by atoms with Gasteiger partial charge in [-0.1, -0.05) is 0 Å². The Hall–Kier alpha value is -2.09. The van der Waals surface area contributed by atoms with Gasteiger partial charge in [-0.25, -0.2) is 0 Å². The fourth-order valence-electron chi connectivity index (χ4n) is 2.93. The topological polar surface area (TPSA) is 69.6 Å². The largest absolute Gasteiger partial charge is 0.416 e. The van der Waals surface area contributed by atoms with Gasteiger partial charge in [0.2, 0.25) is 5.91 Å². The molecule has 0 unspecified atom stereocenters. The monoisotopic (exact) mass is 342 g/mol. The first-order chi connectivity index (χ1) is 11.2. The van der Waals surface area contributed by atoms with Crippen molar-refractivity contribution in [2.24, 2.45) is 0 Å². The molecule has 1 atom stereocenters.